The van der Waals surface area contributed by atoms with Gasteiger partial charge in [0.15, 0.2) is 0 Å². The quantitative estimate of drug-likeness (QED) is 0.777. The molecule has 0 fully saturated rings. The van der Waals surface area contributed by atoms with Gasteiger partial charge in [-0.3, -0.25) is 4.79 Å². The summed E-state index contributed by atoms with van der Waals surface area (Å²) >= 11 is 0. The van der Waals surface area contributed by atoms with Crippen LogP contribution in [-0.4, -0.2) is 23.0 Å². The maximum atomic E-state index is 12.7. The lowest BCUT2D eigenvalue weighted by molar-refractivity contribution is 0.0951. The molecular formula is C20H19N3O2. The summed E-state index contributed by atoms with van der Waals surface area (Å²) < 4.78 is 5.33. The molecule has 0 aliphatic heterocycles. The molecule has 1 heterocycles. The molecular weight excluding hydrogens is 314 g/mol. The Morgan fingerprint density at radius 3 is 2.64 bits per heavy atom. The molecule has 5 heteroatoms. The Labute approximate surface area is 146 Å². The summed E-state index contributed by atoms with van der Waals surface area (Å²) in [7, 11) is 1.64. The molecule has 0 saturated carbocycles. The molecule has 2 aromatic carbocycles. The van der Waals surface area contributed by atoms with Gasteiger partial charge in [0.05, 0.1) is 7.11 Å². The second kappa shape index (κ2) is 7.57. The molecule has 0 unspecified atom stereocenters. The van der Waals surface area contributed by atoms with E-state index in [4.69, 9.17) is 4.74 Å². The first kappa shape index (κ1) is 16.6. The number of aryl methyl sites for hydroxylation is 1. The number of carbonyl (C=O) groups is 1. The Bertz CT molecular complexity index is 879. The molecule has 5 nitrogen and oxygen atoms in total. The lowest BCUT2D eigenvalue weighted by atomic mass is 10.0. The molecule has 0 saturated heterocycles. The van der Waals surface area contributed by atoms with Gasteiger partial charge in [0.25, 0.3) is 5.91 Å². The molecule has 25 heavy (non-hydrogen) atoms. The van der Waals surface area contributed by atoms with Gasteiger partial charge in [-0.05, 0) is 35.7 Å². The van der Waals surface area contributed by atoms with Crippen molar-refractivity contribution in [2.45, 2.75) is 13.5 Å². The highest BCUT2D eigenvalue weighted by Gasteiger charge is 2.12. The van der Waals surface area contributed by atoms with Gasteiger partial charge < -0.3 is 10.1 Å². The molecule has 3 aromatic rings. The molecule has 0 aliphatic rings. The normalized spacial score (nSPS) is 10.3. The van der Waals surface area contributed by atoms with Gasteiger partial charge in [-0.25, -0.2) is 9.97 Å². The summed E-state index contributed by atoms with van der Waals surface area (Å²) in [6, 6.07) is 13.3. The highest BCUT2D eigenvalue weighted by Crippen LogP contribution is 2.22. The third-order valence-corrected chi connectivity index (χ3v) is 3.97. The van der Waals surface area contributed by atoms with Crippen molar-refractivity contribution in [1.29, 1.82) is 0 Å². The van der Waals surface area contributed by atoms with Crippen LogP contribution in [0, 0.1) is 6.92 Å². The van der Waals surface area contributed by atoms with E-state index in [1.165, 1.54) is 6.33 Å². The standard InChI is InChI=1S/C20H19N3O2/c1-14-7-8-15(9-19(14)25-2)10-23-20(24)18-6-4-3-5-17(18)16-11-21-13-22-12-16/h3-9,11-13H,10H2,1-2H3,(H,23,24). The molecule has 3 rings (SSSR count). The van der Waals surface area contributed by atoms with Crippen molar-refractivity contribution in [1.82, 2.24) is 15.3 Å². The Morgan fingerprint density at radius 2 is 1.88 bits per heavy atom. The lowest BCUT2D eigenvalue weighted by Gasteiger charge is -2.11. The summed E-state index contributed by atoms with van der Waals surface area (Å²) in [6.07, 6.45) is 4.87. The zero-order valence-electron chi connectivity index (χ0n) is 14.2. The first-order valence-electron chi connectivity index (χ1n) is 7.95. The molecule has 0 atom stereocenters. The molecule has 1 aromatic heterocycles. The number of benzene rings is 2. The molecule has 0 radical (unpaired) electrons. The Morgan fingerprint density at radius 1 is 1.12 bits per heavy atom. The minimum atomic E-state index is -0.140. The van der Waals surface area contributed by atoms with E-state index in [9.17, 15) is 4.79 Å². The molecule has 0 bridgehead atoms. The minimum absolute atomic E-state index is 0.140. The van der Waals surface area contributed by atoms with Crippen LogP contribution < -0.4 is 10.1 Å². The van der Waals surface area contributed by atoms with E-state index in [0.717, 1.165) is 28.0 Å². The van der Waals surface area contributed by atoms with Crippen molar-refractivity contribution in [2.75, 3.05) is 7.11 Å². The minimum Gasteiger partial charge on any atom is -0.496 e. The summed E-state index contributed by atoms with van der Waals surface area (Å²) in [5, 5.41) is 2.96. The highest BCUT2D eigenvalue weighted by molar-refractivity contribution is 6.00. The fourth-order valence-corrected chi connectivity index (χ4v) is 2.62. The van der Waals surface area contributed by atoms with Gasteiger partial charge in [-0.1, -0.05) is 30.3 Å². The molecule has 126 valence electrons. The van der Waals surface area contributed by atoms with Crippen LogP contribution in [0.1, 0.15) is 21.5 Å². The highest BCUT2D eigenvalue weighted by atomic mass is 16.5. The average Bonchev–Trinajstić information content (AvgIpc) is 2.67. The van der Waals surface area contributed by atoms with Crippen molar-refractivity contribution in [3.05, 3.63) is 77.9 Å². The number of nitrogens with one attached hydrogen (secondary N) is 1. The molecule has 1 amide bonds. The van der Waals surface area contributed by atoms with Crippen LogP contribution in [0.2, 0.25) is 0 Å². The van der Waals surface area contributed by atoms with Crippen LogP contribution in [0.15, 0.2) is 61.2 Å². The van der Waals surface area contributed by atoms with Crippen molar-refractivity contribution in [2.24, 2.45) is 0 Å². The smallest absolute Gasteiger partial charge is 0.252 e. The number of methoxy groups -OCH3 is 1. The largest absolute Gasteiger partial charge is 0.496 e. The van der Waals surface area contributed by atoms with Crippen molar-refractivity contribution in [3.8, 4) is 16.9 Å². The van der Waals surface area contributed by atoms with Gasteiger partial charge >= 0.3 is 0 Å². The van der Waals surface area contributed by atoms with Crippen LogP contribution in [-0.2, 0) is 6.54 Å². The molecule has 0 spiro atoms. The van der Waals surface area contributed by atoms with Crippen molar-refractivity contribution >= 4 is 5.91 Å². The fourth-order valence-electron chi connectivity index (χ4n) is 2.62. The van der Waals surface area contributed by atoms with Crippen molar-refractivity contribution in [3.63, 3.8) is 0 Å². The second-order valence-corrected chi connectivity index (χ2v) is 5.66. The number of hydrogen-bond donors (Lipinski definition) is 1. The zero-order chi connectivity index (χ0) is 17.6. The summed E-state index contributed by atoms with van der Waals surface area (Å²) in [4.78, 5) is 20.7. The van der Waals surface area contributed by atoms with E-state index < -0.39 is 0 Å². The maximum absolute atomic E-state index is 12.7. The third kappa shape index (κ3) is 3.83. The number of nitrogens with zero attached hydrogens (tertiary/aromatic N) is 2. The summed E-state index contributed by atoms with van der Waals surface area (Å²) in [5.41, 5.74) is 4.26. The summed E-state index contributed by atoms with van der Waals surface area (Å²) in [5.74, 6) is 0.674. The maximum Gasteiger partial charge on any atom is 0.252 e. The van der Waals surface area contributed by atoms with E-state index in [0.29, 0.717) is 12.1 Å². The Balaban J connectivity index is 1.79. The van der Waals surface area contributed by atoms with E-state index >= 15 is 0 Å². The van der Waals surface area contributed by atoms with Crippen molar-refractivity contribution < 1.29 is 9.53 Å². The first-order chi connectivity index (χ1) is 12.2. The third-order valence-electron chi connectivity index (χ3n) is 3.97. The van der Waals surface area contributed by atoms with Gasteiger partial charge in [0, 0.05) is 30.1 Å². The SMILES string of the molecule is COc1cc(CNC(=O)c2ccccc2-c2cncnc2)ccc1C. The van der Waals surface area contributed by atoms with Crippen LogP contribution in [0.5, 0.6) is 5.75 Å². The Hall–Kier alpha value is -3.21. The van der Waals surface area contributed by atoms with Crippen LogP contribution in [0.4, 0.5) is 0 Å². The topological polar surface area (TPSA) is 64.1 Å². The van der Waals surface area contributed by atoms with Gasteiger partial charge in [0.2, 0.25) is 0 Å². The number of hydrogen-bond acceptors (Lipinski definition) is 4. The van der Waals surface area contributed by atoms with Crippen LogP contribution >= 0.6 is 0 Å². The van der Waals surface area contributed by atoms with E-state index in [1.54, 1.807) is 25.6 Å². The van der Waals surface area contributed by atoms with E-state index in [-0.39, 0.29) is 5.91 Å². The second-order valence-electron chi connectivity index (χ2n) is 5.66. The molecule has 1 N–H and O–H groups in total. The number of rotatable bonds is 5. The van der Waals surface area contributed by atoms with Gasteiger partial charge in [-0.2, -0.15) is 0 Å². The average molecular weight is 333 g/mol. The van der Waals surface area contributed by atoms with Gasteiger partial charge in [0.1, 0.15) is 12.1 Å². The van der Waals surface area contributed by atoms with E-state index in [1.807, 2.05) is 43.3 Å². The zero-order valence-corrected chi connectivity index (χ0v) is 14.2. The lowest BCUT2D eigenvalue weighted by Crippen LogP contribution is -2.23. The van der Waals surface area contributed by atoms with Crippen LogP contribution in [0.25, 0.3) is 11.1 Å². The Kier molecular flexibility index (Phi) is 5.04. The van der Waals surface area contributed by atoms with E-state index in [2.05, 4.69) is 15.3 Å². The van der Waals surface area contributed by atoms with Crippen LogP contribution in [0.3, 0.4) is 0 Å². The molecule has 0 aliphatic carbocycles. The number of aromatic nitrogens is 2. The summed E-state index contributed by atoms with van der Waals surface area (Å²) in [6.45, 7) is 2.41. The van der Waals surface area contributed by atoms with Gasteiger partial charge in [-0.15, -0.1) is 0 Å². The number of amides is 1. The number of ether oxygens (including phenoxy) is 1. The first-order valence-corrected chi connectivity index (χ1v) is 7.95. The predicted molar refractivity (Wildman–Crippen MR) is 96.4 cm³/mol. The predicted octanol–water partition coefficient (Wildman–Crippen LogP) is 3.39. The monoisotopic (exact) mass is 333 g/mol. The number of carbonyl (C=O) groups excluding carboxylic acids is 1. The fraction of sp³-hybridized carbons (Fsp3) is 0.150.